The zero-order valence-electron chi connectivity index (χ0n) is 15.0. The van der Waals surface area contributed by atoms with Gasteiger partial charge in [0, 0.05) is 44.7 Å². The van der Waals surface area contributed by atoms with Crippen molar-refractivity contribution in [2.75, 3.05) is 26.2 Å². The molecule has 0 bridgehead atoms. The first kappa shape index (κ1) is 16.9. The molecule has 4 heterocycles. The summed E-state index contributed by atoms with van der Waals surface area (Å²) in [6.45, 7) is 4.44. The molecule has 0 radical (unpaired) electrons. The molecule has 1 aromatic carbocycles. The number of hydrogen-bond acceptors (Lipinski definition) is 6. The van der Waals surface area contributed by atoms with Crippen LogP contribution in [0.25, 0.3) is 0 Å². The van der Waals surface area contributed by atoms with Crippen LogP contribution in [0.15, 0.2) is 18.2 Å². The normalized spacial score (nSPS) is 27.0. The van der Waals surface area contributed by atoms with Crippen LogP contribution in [0.4, 0.5) is 0 Å². The number of nitrogens with one attached hydrogen (secondary N) is 2. The highest BCUT2D eigenvalue weighted by Gasteiger charge is 2.47. The zero-order valence-corrected chi connectivity index (χ0v) is 15.0. The predicted octanol–water partition coefficient (Wildman–Crippen LogP) is -0.421. The van der Waals surface area contributed by atoms with Gasteiger partial charge in [-0.15, -0.1) is 0 Å². The van der Waals surface area contributed by atoms with E-state index < -0.39 is 6.04 Å². The van der Waals surface area contributed by atoms with E-state index in [-0.39, 0.29) is 29.9 Å². The minimum atomic E-state index is -0.567. The van der Waals surface area contributed by atoms with Gasteiger partial charge in [0.15, 0.2) is 0 Å². The molecule has 3 saturated heterocycles. The van der Waals surface area contributed by atoms with Gasteiger partial charge in [-0.1, -0.05) is 12.1 Å². The number of ether oxygens (including phenoxy) is 1. The number of rotatable bonds is 3. The lowest BCUT2D eigenvalue weighted by Crippen LogP contribution is -2.66. The first-order chi connectivity index (χ1) is 13.1. The van der Waals surface area contributed by atoms with E-state index in [1.807, 2.05) is 12.1 Å². The van der Waals surface area contributed by atoms with Crippen molar-refractivity contribution in [2.45, 2.75) is 37.7 Å². The molecule has 1 spiro atoms. The molecule has 4 aliphatic heterocycles. The number of carbonyl (C=O) groups is 3. The average Bonchev–Trinajstić information content (AvgIpc) is 3.17. The number of imide groups is 1. The Labute approximate surface area is 156 Å². The Bertz CT molecular complexity index is 835. The van der Waals surface area contributed by atoms with Crippen LogP contribution in [0.2, 0.25) is 0 Å². The van der Waals surface area contributed by atoms with E-state index in [1.54, 1.807) is 4.90 Å². The van der Waals surface area contributed by atoms with Crippen molar-refractivity contribution >= 4 is 17.7 Å². The molecule has 3 fully saturated rings. The van der Waals surface area contributed by atoms with Crippen molar-refractivity contribution in [2.24, 2.45) is 0 Å². The number of fused-ring (bicyclic) bond motifs is 1. The van der Waals surface area contributed by atoms with Crippen LogP contribution in [0, 0.1) is 0 Å². The molecular formula is C19H22N4O4. The van der Waals surface area contributed by atoms with E-state index >= 15 is 0 Å². The quantitative estimate of drug-likeness (QED) is 0.703. The Balaban J connectivity index is 1.34. The summed E-state index contributed by atoms with van der Waals surface area (Å²) < 4.78 is 5.91. The second-order valence-corrected chi connectivity index (χ2v) is 7.71. The van der Waals surface area contributed by atoms with Gasteiger partial charge >= 0.3 is 0 Å². The molecule has 1 unspecified atom stereocenters. The molecule has 4 aliphatic rings. The fourth-order valence-electron chi connectivity index (χ4n) is 4.45. The Kier molecular flexibility index (Phi) is 3.82. The monoisotopic (exact) mass is 370 g/mol. The fraction of sp³-hybridized carbons (Fsp3) is 0.526. The third kappa shape index (κ3) is 2.67. The molecule has 0 saturated carbocycles. The molecule has 27 heavy (non-hydrogen) atoms. The SMILES string of the molecule is O=C1CCC(N2Cc3ccc(CN4CCOC45CNC5)cc3C2=O)C(=O)N1. The highest BCUT2D eigenvalue weighted by atomic mass is 16.5. The number of hydrogen-bond donors (Lipinski definition) is 2. The van der Waals surface area contributed by atoms with E-state index in [9.17, 15) is 14.4 Å². The maximum atomic E-state index is 12.9. The summed E-state index contributed by atoms with van der Waals surface area (Å²) in [5, 5.41) is 5.61. The van der Waals surface area contributed by atoms with Crippen LogP contribution in [0.1, 0.15) is 34.3 Å². The number of amides is 3. The minimum absolute atomic E-state index is 0.126. The van der Waals surface area contributed by atoms with E-state index in [2.05, 4.69) is 21.6 Å². The summed E-state index contributed by atoms with van der Waals surface area (Å²) >= 11 is 0. The predicted molar refractivity (Wildman–Crippen MR) is 94.4 cm³/mol. The first-order valence-electron chi connectivity index (χ1n) is 9.42. The van der Waals surface area contributed by atoms with Crippen LogP contribution in [0.3, 0.4) is 0 Å². The first-order valence-corrected chi connectivity index (χ1v) is 9.42. The van der Waals surface area contributed by atoms with Crippen molar-refractivity contribution < 1.29 is 19.1 Å². The third-order valence-corrected chi connectivity index (χ3v) is 6.08. The van der Waals surface area contributed by atoms with Crippen molar-refractivity contribution in [1.29, 1.82) is 0 Å². The summed E-state index contributed by atoms with van der Waals surface area (Å²) in [6, 6.07) is 5.42. The van der Waals surface area contributed by atoms with Gasteiger partial charge in [-0.2, -0.15) is 0 Å². The maximum absolute atomic E-state index is 12.9. The molecule has 0 aliphatic carbocycles. The molecule has 3 amide bonds. The molecule has 8 nitrogen and oxygen atoms in total. The molecule has 1 atom stereocenters. The van der Waals surface area contributed by atoms with Gasteiger partial charge in [0.05, 0.1) is 6.61 Å². The smallest absolute Gasteiger partial charge is 0.255 e. The number of carbonyl (C=O) groups excluding carboxylic acids is 3. The number of nitrogens with zero attached hydrogens (tertiary/aromatic N) is 2. The van der Waals surface area contributed by atoms with Gasteiger partial charge in [-0.3, -0.25) is 24.6 Å². The van der Waals surface area contributed by atoms with E-state index in [0.717, 1.165) is 43.9 Å². The van der Waals surface area contributed by atoms with Gasteiger partial charge in [-0.25, -0.2) is 0 Å². The topological polar surface area (TPSA) is 91.0 Å². The van der Waals surface area contributed by atoms with Crippen LogP contribution < -0.4 is 10.6 Å². The highest BCUT2D eigenvalue weighted by Crippen LogP contribution is 2.31. The van der Waals surface area contributed by atoms with Crippen LogP contribution in [0.5, 0.6) is 0 Å². The molecule has 8 heteroatoms. The van der Waals surface area contributed by atoms with Crippen molar-refractivity contribution in [3.63, 3.8) is 0 Å². The minimum Gasteiger partial charge on any atom is -0.356 e. The Morgan fingerprint density at radius 2 is 2.07 bits per heavy atom. The van der Waals surface area contributed by atoms with Gasteiger partial charge in [0.2, 0.25) is 11.8 Å². The van der Waals surface area contributed by atoms with E-state index in [1.165, 1.54) is 0 Å². The highest BCUT2D eigenvalue weighted by molar-refractivity contribution is 6.05. The number of benzene rings is 1. The lowest BCUT2D eigenvalue weighted by atomic mass is 10.0. The van der Waals surface area contributed by atoms with E-state index in [0.29, 0.717) is 18.5 Å². The van der Waals surface area contributed by atoms with Crippen LogP contribution in [-0.4, -0.2) is 65.5 Å². The Morgan fingerprint density at radius 3 is 2.81 bits per heavy atom. The molecule has 0 aromatic heterocycles. The second-order valence-electron chi connectivity index (χ2n) is 7.71. The standard InChI is InChI=1S/C19H22N4O4/c24-16-4-3-15(17(25)21-16)23-9-13-2-1-12(7-14(13)18(23)26)8-22-5-6-27-19(22)10-20-11-19/h1-2,7,15,20H,3-6,8-11H2,(H,21,24,25). The zero-order chi connectivity index (χ0) is 18.6. The lowest BCUT2D eigenvalue weighted by Gasteiger charge is -2.44. The molecule has 2 N–H and O–H groups in total. The molecule has 142 valence electrons. The molecule has 1 aromatic rings. The fourth-order valence-corrected chi connectivity index (χ4v) is 4.45. The second kappa shape index (κ2) is 6.12. The summed E-state index contributed by atoms with van der Waals surface area (Å²) in [5.74, 6) is -0.768. The van der Waals surface area contributed by atoms with E-state index in [4.69, 9.17) is 4.74 Å². The van der Waals surface area contributed by atoms with Crippen molar-refractivity contribution in [1.82, 2.24) is 20.4 Å². The van der Waals surface area contributed by atoms with Gasteiger partial charge in [0.25, 0.3) is 5.91 Å². The van der Waals surface area contributed by atoms with Crippen LogP contribution in [-0.2, 0) is 27.4 Å². The van der Waals surface area contributed by atoms with Crippen molar-refractivity contribution in [3.8, 4) is 0 Å². The number of piperidine rings is 1. The maximum Gasteiger partial charge on any atom is 0.255 e. The summed E-state index contributed by atoms with van der Waals surface area (Å²) in [7, 11) is 0. The van der Waals surface area contributed by atoms with Crippen molar-refractivity contribution in [3.05, 3.63) is 34.9 Å². The summed E-state index contributed by atoms with van der Waals surface area (Å²) in [4.78, 5) is 40.3. The molecule has 5 rings (SSSR count). The Morgan fingerprint density at radius 1 is 1.22 bits per heavy atom. The third-order valence-electron chi connectivity index (χ3n) is 6.08. The lowest BCUT2D eigenvalue weighted by molar-refractivity contribution is -0.136. The Hall–Kier alpha value is -2.29. The van der Waals surface area contributed by atoms with Crippen LogP contribution >= 0.6 is 0 Å². The van der Waals surface area contributed by atoms with Gasteiger partial charge in [-0.05, 0) is 23.6 Å². The summed E-state index contributed by atoms with van der Waals surface area (Å²) in [5.41, 5.74) is 2.48. The summed E-state index contributed by atoms with van der Waals surface area (Å²) in [6.07, 6.45) is 0.657. The van der Waals surface area contributed by atoms with Gasteiger partial charge in [0.1, 0.15) is 11.8 Å². The molecular weight excluding hydrogens is 348 g/mol. The van der Waals surface area contributed by atoms with Gasteiger partial charge < -0.3 is 15.0 Å². The average molecular weight is 370 g/mol. The largest absolute Gasteiger partial charge is 0.356 e.